The molecule has 4 rings (SSSR count). The number of rotatable bonds is 1. The summed E-state index contributed by atoms with van der Waals surface area (Å²) in [6, 6.07) is 15.4. The summed E-state index contributed by atoms with van der Waals surface area (Å²) in [4.78, 5) is 0. The van der Waals surface area contributed by atoms with Crippen LogP contribution in [0.3, 0.4) is 0 Å². The van der Waals surface area contributed by atoms with E-state index < -0.39 is 0 Å². The molecule has 0 amide bonds. The fourth-order valence-electron chi connectivity index (χ4n) is 3.75. The van der Waals surface area contributed by atoms with Gasteiger partial charge in [0.1, 0.15) is 0 Å². The zero-order valence-electron chi connectivity index (χ0n) is 12.2. The van der Waals surface area contributed by atoms with Crippen molar-refractivity contribution in [3.05, 3.63) is 71.3 Å². The highest BCUT2D eigenvalue weighted by Crippen LogP contribution is 2.49. The lowest BCUT2D eigenvalue weighted by Gasteiger charge is -2.37. The quantitative estimate of drug-likeness (QED) is 0.598. The average molecular weight is 276 g/mol. The van der Waals surface area contributed by atoms with Crippen LogP contribution in [0.1, 0.15) is 35.1 Å². The second kappa shape index (κ2) is 4.66. The van der Waals surface area contributed by atoms with Crippen LogP contribution in [0.2, 0.25) is 0 Å². The lowest BCUT2D eigenvalue weighted by atomic mass is 9.76. The third-order valence-electron chi connectivity index (χ3n) is 4.81. The van der Waals surface area contributed by atoms with Crippen LogP contribution >= 0.6 is 0 Å². The van der Waals surface area contributed by atoms with Crippen molar-refractivity contribution in [3.8, 4) is 0 Å². The number of nitrogen functional groups attached to an aromatic ring is 1. The van der Waals surface area contributed by atoms with Crippen molar-refractivity contribution in [1.82, 2.24) is 0 Å². The van der Waals surface area contributed by atoms with Crippen LogP contribution in [0.5, 0.6) is 0 Å². The van der Waals surface area contributed by atoms with Gasteiger partial charge in [0.2, 0.25) is 0 Å². The molecule has 106 valence electrons. The predicted molar refractivity (Wildman–Crippen MR) is 88.4 cm³/mol. The molecule has 3 atom stereocenters. The number of benzene rings is 2. The molecule has 1 heterocycles. The Morgan fingerprint density at radius 2 is 1.90 bits per heavy atom. The first kappa shape index (κ1) is 12.5. The molecule has 3 N–H and O–H groups in total. The number of allylic oxidation sites excluding steroid dienone is 2. The molecule has 1 aliphatic heterocycles. The minimum absolute atomic E-state index is 0.362. The smallest absolute Gasteiger partial charge is 0.0553 e. The van der Waals surface area contributed by atoms with Gasteiger partial charge in [0.05, 0.1) is 6.04 Å². The Kier molecular flexibility index (Phi) is 2.78. The van der Waals surface area contributed by atoms with Crippen LogP contribution in [0.15, 0.2) is 54.6 Å². The molecule has 0 spiro atoms. The Morgan fingerprint density at radius 1 is 1.10 bits per heavy atom. The topological polar surface area (TPSA) is 38.0 Å². The summed E-state index contributed by atoms with van der Waals surface area (Å²) < 4.78 is 0. The molecule has 2 heteroatoms. The van der Waals surface area contributed by atoms with Gasteiger partial charge in [-0.25, -0.2) is 0 Å². The lowest BCUT2D eigenvalue weighted by Crippen LogP contribution is -2.29. The molecule has 2 nitrogen and oxygen atoms in total. The first-order chi connectivity index (χ1) is 10.2. The van der Waals surface area contributed by atoms with E-state index in [1.54, 1.807) is 0 Å². The summed E-state index contributed by atoms with van der Waals surface area (Å²) in [5.74, 6) is 1.13. The Morgan fingerprint density at radius 3 is 2.71 bits per heavy atom. The van der Waals surface area contributed by atoms with E-state index in [4.69, 9.17) is 5.73 Å². The highest BCUT2D eigenvalue weighted by atomic mass is 15.0. The summed E-state index contributed by atoms with van der Waals surface area (Å²) in [5.41, 5.74) is 12.0. The molecule has 2 aromatic rings. The first-order valence-corrected chi connectivity index (χ1v) is 7.61. The predicted octanol–water partition coefficient (Wildman–Crippen LogP) is 4.40. The van der Waals surface area contributed by atoms with Crippen molar-refractivity contribution in [1.29, 1.82) is 0 Å². The first-order valence-electron chi connectivity index (χ1n) is 7.61. The monoisotopic (exact) mass is 276 g/mol. The molecule has 0 bridgehead atoms. The molecule has 2 aromatic carbocycles. The Bertz CT molecular complexity index is 700. The van der Waals surface area contributed by atoms with Gasteiger partial charge in [-0.1, -0.05) is 42.0 Å². The van der Waals surface area contributed by atoms with E-state index >= 15 is 0 Å². The minimum atomic E-state index is 0.362. The van der Waals surface area contributed by atoms with Crippen LogP contribution in [0.25, 0.3) is 0 Å². The molecule has 0 unspecified atom stereocenters. The molecular formula is C19H20N2. The van der Waals surface area contributed by atoms with Crippen LogP contribution in [0, 0.1) is 12.8 Å². The van der Waals surface area contributed by atoms with Gasteiger partial charge < -0.3 is 11.1 Å². The third-order valence-corrected chi connectivity index (χ3v) is 4.81. The molecule has 0 radical (unpaired) electrons. The maximum absolute atomic E-state index is 5.82. The summed E-state index contributed by atoms with van der Waals surface area (Å²) in [6.07, 6.45) is 5.85. The Hall–Kier alpha value is -2.22. The van der Waals surface area contributed by atoms with E-state index in [-0.39, 0.29) is 0 Å². The summed E-state index contributed by atoms with van der Waals surface area (Å²) >= 11 is 0. The molecule has 0 saturated carbocycles. The number of fused-ring (bicyclic) bond motifs is 3. The molecule has 1 aliphatic carbocycles. The Balaban J connectivity index is 1.78. The second-order valence-corrected chi connectivity index (χ2v) is 6.23. The highest BCUT2D eigenvalue weighted by Gasteiger charge is 2.37. The van der Waals surface area contributed by atoms with Gasteiger partial charge in [0, 0.05) is 17.3 Å². The van der Waals surface area contributed by atoms with Crippen LogP contribution in [-0.2, 0) is 0 Å². The van der Waals surface area contributed by atoms with E-state index in [9.17, 15) is 0 Å². The number of aryl methyl sites for hydroxylation is 1. The summed E-state index contributed by atoms with van der Waals surface area (Å²) in [6.45, 7) is 2.17. The lowest BCUT2D eigenvalue weighted by molar-refractivity contribution is 0.425. The van der Waals surface area contributed by atoms with Gasteiger partial charge in [0.25, 0.3) is 0 Å². The fourth-order valence-corrected chi connectivity index (χ4v) is 3.75. The minimum Gasteiger partial charge on any atom is -0.399 e. The zero-order chi connectivity index (χ0) is 14.4. The van der Waals surface area contributed by atoms with Gasteiger partial charge in [-0.2, -0.15) is 0 Å². The van der Waals surface area contributed by atoms with Crippen molar-refractivity contribution in [2.24, 2.45) is 5.92 Å². The molecule has 0 aromatic heterocycles. The number of nitrogens with one attached hydrogen (secondary N) is 1. The highest BCUT2D eigenvalue weighted by molar-refractivity contribution is 5.61. The molecule has 0 saturated heterocycles. The van der Waals surface area contributed by atoms with Gasteiger partial charge in [-0.05, 0) is 48.6 Å². The molecule has 2 aliphatic rings. The number of hydrogen-bond donors (Lipinski definition) is 2. The second-order valence-electron chi connectivity index (χ2n) is 6.23. The number of nitrogens with two attached hydrogens (primary N) is 1. The van der Waals surface area contributed by atoms with Crippen molar-refractivity contribution in [2.75, 3.05) is 11.1 Å². The molecular weight excluding hydrogens is 256 g/mol. The van der Waals surface area contributed by atoms with Gasteiger partial charge in [-0.15, -0.1) is 0 Å². The normalized spacial score (nSPS) is 26.0. The van der Waals surface area contributed by atoms with E-state index in [1.807, 2.05) is 12.1 Å². The molecule has 21 heavy (non-hydrogen) atoms. The van der Waals surface area contributed by atoms with Gasteiger partial charge in [0.15, 0.2) is 0 Å². The SMILES string of the molecule is Cc1ccc2c(c1)[C@H]1C=CC[C@H]1[C@H](c1ccc(N)cc1)N2. The fraction of sp³-hybridized carbons (Fsp3) is 0.263. The van der Waals surface area contributed by atoms with Crippen molar-refractivity contribution >= 4 is 11.4 Å². The molecule has 0 fully saturated rings. The van der Waals surface area contributed by atoms with Crippen LogP contribution < -0.4 is 11.1 Å². The standard InChI is InChI=1S/C19H20N2/c1-12-5-10-18-17(11-12)15-3-2-4-16(15)19(21-18)13-6-8-14(20)9-7-13/h2-3,5-11,15-16,19,21H,4,20H2,1H3/t15-,16+,19-/m0/s1. The third kappa shape index (κ3) is 2.02. The largest absolute Gasteiger partial charge is 0.399 e. The van der Waals surface area contributed by atoms with Crippen LogP contribution in [-0.4, -0.2) is 0 Å². The van der Waals surface area contributed by atoms with Gasteiger partial charge in [-0.3, -0.25) is 0 Å². The zero-order valence-corrected chi connectivity index (χ0v) is 12.2. The average Bonchev–Trinajstić information content (AvgIpc) is 2.97. The maximum atomic E-state index is 5.82. The number of hydrogen-bond acceptors (Lipinski definition) is 2. The summed E-state index contributed by atoms with van der Waals surface area (Å²) in [5, 5.41) is 3.75. The summed E-state index contributed by atoms with van der Waals surface area (Å²) in [7, 11) is 0. The van der Waals surface area contributed by atoms with Crippen LogP contribution in [0.4, 0.5) is 11.4 Å². The van der Waals surface area contributed by atoms with Crippen molar-refractivity contribution < 1.29 is 0 Å². The van der Waals surface area contributed by atoms with E-state index in [2.05, 4.69) is 54.7 Å². The van der Waals surface area contributed by atoms with E-state index in [0.717, 1.165) is 12.1 Å². The van der Waals surface area contributed by atoms with E-state index in [0.29, 0.717) is 17.9 Å². The van der Waals surface area contributed by atoms with E-state index in [1.165, 1.54) is 22.4 Å². The Labute approximate surface area is 125 Å². The van der Waals surface area contributed by atoms with Crippen molar-refractivity contribution in [3.63, 3.8) is 0 Å². The van der Waals surface area contributed by atoms with Gasteiger partial charge >= 0.3 is 0 Å². The maximum Gasteiger partial charge on any atom is 0.0553 e. The van der Waals surface area contributed by atoms with Crippen molar-refractivity contribution in [2.45, 2.75) is 25.3 Å². The number of anilines is 2.